The highest BCUT2D eigenvalue weighted by Crippen LogP contribution is 2.15. The van der Waals surface area contributed by atoms with E-state index < -0.39 is 0 Å². The Labute approximate surface area is 127 Å². The standard InChI is InChI=1S/C16H15IN2/c1-12(15-6-8-16(17)9-7-15)19-11-14-4-2-13(10-18)3-5-14/h2-9,12,19H,11H2,1H3. The molecule has 1 unspecified atom stereocenters. The molecule has 0 amide bonds. The SMILES string of the molecule is CC(NCc1ccc(C#N)cc1)c1ccc(I)cc1. The van der Waals surface area contributed by atoms with Crippen LogP contribution >= 0.6 is 22.6 Å². The number of nitriles is 1. The first-order valence-corrected chi connectivity index (χ1v) is 7.25. The lowest BCUT2D eigenvalue weighted by Crippen LogP contribution is -2.17. The number of nitrogens with one attached hydrogen (secondary N) is 1. The van der Waals surface area contributed by atoms with Crippen molar-refractivity contribution in [1.29, 1.82) is 5.26 Å². The molecule has 0 heterocycles. The molecule has 0 aliphatic rings. The number of hydrogen-bond acceptors (Lipinski definition) is 2. The summed E-state index contributed by atoms with van der Waals surface area (Å²) in [5.41, 5.74) is 3.18. The van der Waals surface area contributed by atoms with Gasteiger partial charge in [0, 0.05) is 16.2 Å². The van der Waals surface area contributed by atoms with E-state index in [1.807, 2.05) is 24.3 Å². The minimum atomic E-state index is 0.313. The summed E-state index contributed by atoms with van der Waals surface area (Å²) in [6.07, 6.45) is 0. The molecule has 0 saturated heterocycles. The van der Waals surface area contributed by atoms with Gasteiger partial charge >= 0.3 is 0 Å². The van der Waals surface area contributed by atoms with Gasteiger partial charge in [0.15, 0.2) is 0 Å². The summed E-state index contributed by atoms with van der Waals surface area (Å²) in [7, 11) is 0. The molecule has 0 aromatic heterocycles. The number of halogens is 1. The second-order valence-corrected chi connectivity index (χ2v) is 5.71. The van der Waals surface area contributed by atoms with Crippen LogP contribution in [0.3, 0.4) is 0 Å². The molecule has 2 aromatic carbocycles. The fourth-order valence-corrected chi connectivity index (χ4v) is 2.20. The third kappa shape index (κ3) is 4.05. The molecule has 96 valence electrons. The van der Waals surface area contributed by atoms with Gasteiger partial charge in [-0.1, -0.05) is 24.3 Å². The van der Waals surface area contributed by atoms with Crippen molar-refractivity contribution in [2.45, 2.75) is 19.5 Å². The second kappa shape index (κ2) is 6.69. The van der Waals surface area contributed by atoms with E-state index in [0.29, 0.717) is 11.6 Å². The number of nitrogens with zero attached hydrogens (tertiary/aromatic N) is 1. The highest BCUT2D eigenvalue weighted by Gasteiger charge is 2.04. The Morgan fingerprint density at radius 1 is 1.11 bits per heavy atom. The van der Waals surface area contributed by atoms with Crippen molar-refractivity contribution in [3.63, 3.8) is 0 Å². The van der Waals surface area contributed by atoms with E-state index in [1.165, 1.54) is 14.7 Å². The molecule has 3 heteroatoms. The number of rotatable bonds is 4. The van der Waals surface area contributed by atoms with Crippen molar-refractivity contribution >= 4 is 22.6 Å². The topological polar surface area (TPSA) is 35.8 Å². The molecule has 0 aliphatic heterocycles. The maximum Gasteiger partial charge on any atom is 0.0991 e. The van der Waals surface area contributed by atoms with Crippen molar-refractivity contribution in [1.82, 2.24) is 5.32 Å². The average Bonchev–Trinajstić information content (AvgIpc) is 2.46. The molecule has 1 N–H and O–H groups in total. The van der Waals surface area contributed by atoms with E-state index in [-0.39, 0.29) is 0 Å². The smallest absolute Gasteiger partial charge is 0.0991 e. The van der Waals surface area contributed by atoms with Crippen LogP contribution in [0.25, 0.3) is 0 Å². The zero-order valence-corrected chi connectivity index (χ0v) is 12.9. The van der Waals surface area contributed by atoms with Gasteiger partial charge in [0.2, 0.25) is 0 Å². The van der Waals surface area contributed by atoms with E-state index >= 15 is 0 Å². The van der Waals surface area contributed by atoms with Crippen molar-refractivity contribution in [2.24, 2.45) is 0 Å². The maximum atomic E-state index is 8.75. The summed E-state index contributed by atoms with van der Waals surface area (Å²) >= 11 is 2.31. The summed E-state index contributed by atoms with van der Waals surface area (Å²) in [5.74, 6) is 0. The quantitative estimate of drug-likeness (QED) is 0.835. The molecule has 2 aromatic rings. The summed E-state index contributed by atoms with van der Waals surface area (Å²) < 4.78 is 1.25. The Hall–Kier alpha value is -1.38. The van der Waals surface area contributed by atoms with E-state index in [0.717, 1.165) is 6.54 Å². The molecule has 0 fully saturated rings. The monoisotopic (exact) mass is 362 g/mol. The Bertz CT molecular complexity index is 567. The predicted octanol–water partition coefficient (Wildman–Crippen LogP) is 4.01. The molecular weight excluding hydrogens is 347 g/mol. The van der Waals surface area contributed by atoms with Crippen LogP contribution in [-0.2, 0) is 6.54 Å². The van der Waals surface area contributed by atoms with Gasteiger partial charge < -0.3 is 5.32 Å². The van der Waals surface area contributed by atoms with Gasteiger partial charge in [0.1, 0.15) is 0 Å². The first-order chi connectivity index (χ1) is 9.19. The van der Waals surface area contributed by atoms with Crippen LogP contribution in [0.2, 0.25) is 0 Å². The molecule has 1 atom stereocenters. The van der Waals surface area contributed by atoms with Gasteiger partial charge in [0.25, 0.3) is 0 Å². The minimum absolute atomic E-state index is 0.313. The van der Waals surface area contributed by atoms with Gasteiger partial charge in [-0.25, -0.2) is 0 Å². The van der Waals surface area contributed by atoms with Crippen molar-refractivity contribution in [3.05, 3.63) is 68.8 Å². The summed E-state index contributed by atoms with van der Waals surface area (Å²) in [5, 5.41) is 12.2. The summed E-state index contributed by atoms with van der Waals surface area (Å²) in [6, 6.07) is 18.7. The molecule has 0 aliphatic carbocycles. The number of hydrogen-bond donors (Lipinski definition) is 1. The molecule has 19 heavy (non-hydrogen) atoms. The fraction of sp³-hybridized carbons (Fsp3) is 0.188. The van der Waals surface area contributed by atoms with Gasteiger partial charge in [-0.05, 0) is 64.9 Å². The highest BCUT2D eigenvalue weighted by atomic mass is 127. The van der Waals surface area contributed by atoms with E-state index in [2.05, 4.69) is 65.2 Å². The fourth-order valence-electron chi connectivity index (χ4n) is 1.84. The normalized spacial score (nSPS) is 11.8. The van der Waals surface area contributed by atoms with E-state index in [4.69, 9.17) is 5.26 Å². The largest absolute Gasteiger partial charge is 0.306 e. The molecular formula is C16H15IN2. The van der Waals surface area contributed by atoms with Gasteiger partial charge in [-0.15, -0.1) is 0 Å². The lowest BCUT2D eigenvalue weighted by Gasteiger charge is -2.14. The lowest BCUT2D eigenvalue weighted by atomic mass is 10.1. The van der Waals surface area contributed by atoms with Gasteiger partial charge in [-0.2, -0.15) is 5.26 Å². The van der Waals surface area contributed by atoms with Crippen LogP contribution in [0.4, 0.5) is 0 Å². The van der Waals surface area contributed by atoms with Crippen LogP contribution in [-0.4, -0.2) is 0 Å². The van der Waals surface area contributed by atoms with Crippen LogP contribution in [0.5, 0.6) is 0 Å². The molecule has 0 radical (unpaired) electrons. The second-order valence-electron chi connectivity index (χ2n) is 4.46. The van der Waals surface area contributed by atoms with Gasteiger partial charge in [0.05, 0.1) is 11.6 Å². The van der Waals surface area contributed by atoms with E-state index in [1.54, 1.807) is 0 Å². The lowest BCUT2D eigenvalue weighted by molar-refractivity contribution is 0.574. The van der Waals surface area contributed by atoms with Crippen LogP contribution in [0, 0.1) is 14.9 Å². The molecule has 2 nitrogen and oxygen atoms in total. The van der Waals surface area contributed by atoms with Crippen molar-refractivity contribution in [3.8, 4) is 6.07 Å². The molecule has 0 saturated carbocycles. The Balaban J connectivity index is 1.94. The third-order valence-electron chi connectivity index (χ3n) is 3.07. The van der Waals surface area contributed by atoms with Crippen molar-refractivity contribution < 1.29 is 0 Å². The van der Waals surface area contributed by atoms with Gasteiger partial charge in [-0.3, -0.25) is 0 Å². The molecule has 2 rings (SSSR count). The minimum Gasteiger partial charge on any atom is -0.306 e. The predicted molar refractivity (Wildman–Crippen MR) is 85.6 cm³/mol. The van der Waals surface area contributed by atoms with Crippen LogP contribution < -0.4 is 5.32 Å². The first-order valence-electron chi connectivity index (χ1n) is 6.17. The average molecular weight is 362 g/mol. The summed E-state index contributed by atoms with van der Waals surface area (Å²) in [4.78, 5) is 0. The van der Waals surface area contributed by atoms with Crippen LogP contribution in [0.15, 0.2) is 48.5 Å². The Morgan fingerprint density at radius 3 is 2.32 bits per heavy atom. The molecule has 0 spiro atoms. The molecule has 0 bridgehead atoms. The highest BCUT2D eigenvalue weighted by molar-refractivity contribution is 14.1. The zero-order chi connectivity index (χ0) is 13.7. The summed E-state index contributed by atoms with van der Waals surface area (Å²) in [6.45, 7) is 2.96. The third-order valence-corrected chi connectivity index (χ3v) is 3.78. The van der Waals surface area contributed by atoms with Crippen molar-refractivity contribution in [2.75, 3.05) is 0 Å². The maximum absolute atomic E-state index is 8.75. The first kappa shape index (κ1) is 14.0. The zero-order valence-electron chi connectivity index (χ0n) is 10.7. The number of benzene rings is 2. The Morgan fingerprint density at radius 2 is 1.74 bits per heavy atom. The van der Waals surface area contributed by atoms with E-state index in [9.17, 15) is 0 Å². The van der Waals surface area contributed by atoms with Crippen LogP contribution in [0.1, 0.15) is 29.7 Å². The Kier molecular flexibility index (Phi) is 4.94.